The lowest BCUT2D eigenvalue weighted by atomic mass is 10.1. The first-order valence-corrected chi connectivity index (χ1v) is 9.83. The first-order valence-electron chi connectivity index (χ1n) is 9.01. The number of nitrogens with zero attached hydrogens (tertiary/aromatic N) is 3. The van der Waals surface area contributed by atoms with E-state index in [0.29, 0.717) is 19.0 Å². The summed E-state index contributed by atoms with van der Waals surface area (Å²) in [6, 6.07) is 8.12. The van der Waals surface area contributed by atoms with Gasteiger partial charge in [-0.15, -0.1) is 11.3 Å². The Morgan fingerprint density at radius 1 is 1.11 bits per heavy atom. The Labute approximate surface area is 163 Å². The van der Waals surface area contributed by atoms with Crippen molar-refractivity contribution in [3.8, 4) is 11.5 Å². The van der Waals surface area contributed by atoms with E-state index in [-0.39, 0.29) is 0 Å². The highest BCUT2D eigenvalue weighted by molar-refractivity contribution is 7.11. The summed E-state index contributed by atoms with van der Waals surface area (Å²) in [5.74, 6) is 1.37. The van der Waals surface area contributed by atoms with Crippen molar-refractivity contribution in [3.05, 3.63) is 57.4 Å². The largest absolute Gasteiger partial charge is 0.444 e. The van der Waals surface area contributed by atoms with Crippen molar-refractivity contribution in [2.24, 2.45) is 4.99 Å². The summed E-state index contributed by atoms with van der Waals surface area (Å²) in [6.45, 7) is 10.1. The van der Waals surface area contributed by atoms with E-state index in [4.69, 9.17) is 4.42 Å². The van der Waals surface area contributed by atoms with Crippen LogP contribution >= 0.6 is 11.3 Å². The highest BCUT2D eigenvalue weighted by atomic mass is 32.1. The molecule has 0 saturated heterocycles. The number of aromatic nitrogens is 2. The van der Waals surface area contributed by atoms with E-state index >= 15 is 0 Å². The molecule has 0 radical (unpaired) electrons. The molecule has 2 heterocycles. The molecular formula is C20H25N5OS. The van der Waals surface area contributed by atoms with Crippen LogP contribution in [0.3, 0.4) is 0 Å². The number of aliphatic imine (C=N–C) groups is 1. The molecule has 2 N–H and O–H groups in total. The molecule has 0 unspecified atom stereocenters. The van der Waals surface area contributed by atoms with Crippen LogP contribution in [0, 0.1) is 20.8 Å². The fourth-order valence-corrected chi connectivity index (χ4v) is 3.49. The fourth-order valence-electron chi connectivity index (χ4n) is 2.61. The number of rotatable bonds is 6. The normalized spacial score (nSPS) is 11.6. The zero-order valence-electron chi connectivity index (χ0n) is 16.2. The molecule has 0 atom stereocenters. The molecule has 0 aliphatic rings. The van der Waals surface area contributed by atoms with E-state index in [1.807, 2.05) is 45.0 Å². The number of hydrogen-bond donors (Lipinski definition) is 2. The first kappa shape index (κ1) is 19.1. The van der Waals surface area contributed by atoms with Gasteiger partial charge in [-0.05, 0) is 39.8 Å². The summed E-state index contributed by atoms with van der Waals surface area (Å²) in [5, 5.41) is 7.70. The van der Waals surface area contributed by atoms with Gasteiger partial charge in [0.05, 0.1) is 23.8 Å². The van der Waals surface area contributed by atoms with Gasteiger partial charge < -0.3 is 15.1 Å². The Balaban J connectivity index is 1.64. The van der Waals surface area contributed by atoms with Gasteiger partial charge in [0.2, 0.25) is 5.89 Å². The summed E-state index contributed by atoms with van der Waals surface area (Å²) >= 11 is 1.71. The minimum atomic E-state index is 0.450. The second kappa shape index (κ2) is 8.81. The maximum atomic E-state index is 5.60. The van der Waals surface area contributed by atoms with Gasteiger partial charge in [-0.25, -0.2) is 15.0 Å². The van der Waals surface area contributed by atoms with Crippen LogP contribution in [0.25, 0.3) is 11.5 Å². The number of benzene rings is 1. The molecule has 0 aliphatic carbocycles. The molecule has 0 spiro atoms. The molecule has 3 aromatic rings. The third kappa shape index (κ3) is 5.17. The van der Waals surface area contributed by atoms with E-state index in [2.05, 4.69) is 32.5 Å². The van der Waals surface area contributed by atoms with Crippen molar-refractivity contribution in [1.82, 2.24) is 20.6 Å². The molecular weight excluding hydrogens is 358 g/mol. The fraction of sp³-hybridized carbons (Fsp3) is 0.350. The highest BCUT2D eigenvalue weighted by Gasteiger charge is 2.08. The smallest absolute Gasteiger partial charge is 0.226 e. The molecule has 7 heteroatoms. The molecule has 1 aromatic carbocycles. The monoisotopic (exact) mass is 383 g/mol. The van der Waals surface area contributed by atoms with E-state index in [0.717, 1.165) is 34.5 Å². The van der Waals surface area contributed by atoms with E-state index in [1.165, 1.54) is 10.4 Å². The van der Waals surface area contributed by atoms with E-state index in [9.17, 15) is 0 Å². The van der Waals surface area contributed by atoms with Crippen molar-refractivity contribution < 1.29 is 4.42 Å². The third-order valence-corrected chi connectivity index (χ3v) is 5.08. The highest BCUT2D eigenvalue weighted by Crippen LogP contribution is 2.19. The first-order chi connectivity index (χ1) is 13.0. The Hall–Kier alpha value is -2.67. The molecule has 0 bridgehead atoms. The van der Waals surface area contributed by atoms with Gasteiger partial charge >= 0.3 is 0 Å². The lowest BCUT2D eigenvalue weighted by molar-refractivity contribution is 0.572. The maximum Gasteiger partial charge on any atom is 0.226 e. The summed E-state index contributed by atoms with van der Waals surface area (Å²) in [5.41, 5.74) is 4.05. The maximum absolute atomic E-state index is 5.60. The standard InChI is InChI=1S/C20H25N5OS/c1-5-21-20(23-11-18-14(3)24-15(4)27-18)22-10-17-12-26-19(25-17)16-8-6-13(2)7-9-16/h6-9,12H,5,10-11H2,1-4H3,(H2,21,22,23). The Morgan fingerprint density at radius 3 is 2.56 bits per heavy atom. The Bertz CT molecular complexity index is 911. The average Bonchev–Trinajstić information content (AvgIpc) is 3.24. The second-order valence-corrected chi connectivity index (χ2v) is 7.59. The van der Waals surface area contributed by atoms with Crippen molar-refractivity contribution in [1.29, 1.82) is 0 Å². The van der Waals surface area contributed by atoms with Crippen molar-refractivity contribution in [2.75, 3.05) is 6.54 Å². The third-order valence-electron chi connectivity index (χ3n) is 4.01. The van der Waals surface area contributed by atoms with Crippen molar-refractivity contribution in [2.45, 2.75) is 40.8 Å². The quantitative estimate of drug-likeness (QED) is 0.497. The molecule has 0 saturated carbocycles. The van der Waals surface area contributed by atoms with Gasteiger partial charge in [0, 0.05) is 17.0 Å². The van der Waals surface area contributed by atoms with Crippen LogP contribution in [0.1, 0.15) is 33.8 Å². The van der Waals surface area contributed by atoms with Gasteiger partial charge in [0.25, 0.3) is 0 Å². The zero-order chi connectivity index (χ0) is 19.2. The molecule has 6 nitrogen and oxygen atoms in total. The van der Waals surface area contributed by atoms with Gasteiger partial charge in [-0.3, -0.25) is 0 Å². The lowest BCUT2D eigenvalue weighted by Gasteiger charge is -2.10. The second-order valence-electron chi connectivity index (χ2n) is 6.30. The predicted octanol–water partition coefficient (Wildman–Crippen LogP) is 3.98. The van der Waals surface area contributed by atoms with Crippen LogP contribution in [0.4, 0.5) is 0 Å². The minimum absolute atomic E-state index is 0.450. The molecule has 0 fully saturated rings. The number of oxazole rings is 1. The Kier molecular flexibility index (Phi) is 6.24. The molecule has 0 amide bonds. The van der Waals surface area contributed by atoms with Gasteiger partial charge in [0.1, 0.15) is 12.0 Å². The summed E-state index contributed by atoms with van der Waals surface area (Å²) in [4.78, 5) is 14.8. The van der Waals surface area contributed by atoms with Crippen LogP contribution in [0.15, 0.2) is 39.9 Å². The van der Waals surface area contributed by atoms with Crippen LogP contribution in [-0.2, 0) is 13.1 Å². The average molecular weight is 384 g/mol. The van der Waals surface area contributed by atoms with Crippen molar-refractivity contribution in [3.63, 3.8) is 0 Å². The molecule has 0 aliphatic heterocycles. The molecule has 142 valence electrons. The summed E-state index contributed by atoms with van der Waals surface area (Å²) < 4.78 is 5.60. The predicted molar refractivity (Wildman–Crippen MR) is 110 cm³/mol. The van der Waals surface area contributed by atoms with E-state index in [1.54, 1.807) is 17.6 Å². The van der Waals surface area contributed by atoms with Crippen LogP contribution in [0.5, 0.6) is 0 Å². The molecule has 3 rings (SSSR count). The SMILES string of the molecule is CCNC(=NCc1coc(-c2ccc(C)cc2)n1)NCc1sc(C)nc1C. The molecule has 2 aromatic heterocycles. The minimum Gasteiger partial charge on any atom is -0.444 e. The molecule has 27 heavy (non-hydrogen) atoms. The van der Waals surface area contributed by atoms with E-state index < -0.39 is 0 Å². The lowest BCUT2D eigenvalue weighted by Crippen LogP contribution is -2.36. The summed E-state index contributed by atoms with van der Waals surface area (Å²) in [6.07, 6.45) is 1.67. The van der Waals surface area contributed by atoms with Gasteiger partial charge in [-0.2, -0.15) is 0 Å². The zero-order valence-corrected chi connectivity index (χ0v) is 17.0. The van der Waals surface area contributed by atoms with Crippen LogP contribution in [-0.4, -0.2) is 22.5 Å². The van der Waals surface area contributed by atoms with Crippen LogP contribution in [0.2, 0.25) is 0 Å². The number of thiazole rings is 1. The van der Waals surface area contributed by atoms with Crippen molar-refractivity contribution >= 4 is 17.3 Å². The number of guanidine groups is 1. The Morgan fingerprint density at radius 2 is 1.89 bits per heavy atom. The van der Waals surface area contributed by atoms with Gasteiger partial charge in [0.15, 0.2) is 5.96 Å². The number of hydrogen-bond acceptors (Lipinski definition) is 5. The summed E-state index contributed by atoms with van der Waals surface area (Å²) in [7, 11) is 0. The van der Waals surface area contributed by atoms with Crippen LogP contribution < -0.4 is 10.6 Å². The number of aryl methyl sites for hydroxylation is 3. The van der Waals surface area contributed by atoms with Gasteiger partial charge in [-0.1, -0.05) is 17.7 Å². The number of nitrogens with one attached hydrogen (secondary N) is 2. The topological polar surface area (TPSA) is 75.3 Å².